The summed E-state index contributed by atoms with van der Waals surface area (Å²) in [5, 5.41) is 12.8. The Morgan fingerprint density at radius 2 is 2.04 bits per heavy atom. The first-order chi connectivity index (χ1) is 11.7. The molecule has 0 aliphatic rings. The maximum atomic E-state index is 12.3. The molecule has 3 rings (SSSR count). The van der Waals surface area contributed by atoms with E-state index in [-0.39, 0.29) is 18.2 Å². The van der Waals surface area contributed by atoms with Crippen LogP contribution in [0.4, 0.5) is 5.82 Å². The molecule has 24 heavy (non-hydrogen) atoms. The lowest BCUT2D eigenvalue weighted by Crippen LogP contribution is -2.23. The highest BCUT2D eigenvalue weighted by Crippen LogP contribution is 2.21. The van der Waals surface area contributed by atoms with Crippen LogP contribution in [0.3, 0.4) is 0 Å². The summed E-state index contributed by atoms with van der Waals surface area (Å²) < 4.78 is 0. The minimum Gasteiger partial charge on any atom is -0.352 e. The van der Waals surface area contributed by atoms with E-state index in [9.17, 15) is 9.59 Å². The number of nitrogens with zero attached hydrogens (tertiary/aromatic N) is 2. The second kappa shape index (κ2) is 6.91. The van der Waals surface area contributed by atoms with Crippen molar-refractivity contribution in [3.63, 3.8) is 0 Å². The second-order valence-corrected chi connectivity index (χ2v) is 5.24. The molecule has 0 saturated carbocycles. The standard InChI is InChI=1S/C17H17N5O2/c1-2-18-17(24)13-10-15(20-14-6-4-3-5-12(13)14)21-16(23)9-11-7-8-19-22-11/h3-8,10H,2,9H2,1H3,(H,18,24)(H,19,22)(H,20,21,23). The molecule has 2 heterocycles. The zero-order valence-electron chi connectivity index (χ0n) is 13.2. The van der Waals surface area contributed by atoms with Crippen LogP contribution in [0, 0.1) is 0 Å². The van der Waals surface area contributed by atoms with Crippen LogP contribution in [-0.2, 0) is 11.2 Å². The van der Waals surface area contributed by atoms with Gasteiger partial charge in [-0.25, -0.2) is 4.98 Å². The van der Waals surface area contributed by atoms with Crippen LogP contribution >= 0.6 is 0 Å². The molecule has 0 radical (unpaired) electrons. The Morgan fingerprint density at radius 1 is 1.21 bits per heavy atom. The van der Waals surface area contributed by atoms with Gasteiger partial charge >= 0.3 is 0 Å². The van der Waals surface area contributed by atoms with E-state index >= 15 is 0 Å². The molecule has 1 aromatic carbocycles. The summed E-state index contributed by atoms with van der Waals surface area (Å²) in [7, 11) is 0. The molecule has 0 atom stereocenters. The average molecular weight is 323 g/mol. The fourth-order valence-electron chi connectivity index (χ4n) is 2.43. The molecule has 3 N–H and O–H groups in total. The van der Waals surface area contributed by atoms with E-state index < -0.39 is 0 Å². The quantitative estimate of drug-likeness (QED) is 0.667. The normalized spacial score (nSPS) is 10.5. The number of pyridine rings is 1. The zero-order chi connectivity index (χ0) is 16.9. The molecule has 0 unspecified atom stereocenters. The number of fused-ring (bicyclic) bond motifs is 1. The van der Waals surface area contributed by atoms with Gasteiger partial charge in [0.25, 0.3) is 5.91 Å². The minimum atomic E-state index is -0.233. The fourth-order valence-corrected chi connectivity index (χ4v) is 2.43. The van der Waals surface area contributed by atoms with Gasteiger partial charge in [0.2, 0.25) is 5.91 Å². The Labute approximate surface area is 138 Å². The van der Waals surface area contributed by atoms with Crippen molar-refractivity contribution in [2.45, 2.75) is 13.3 Å². The highest BCUT2D eigenvalue weighted by Gasteiger charge is 2.14. The first-order valence-electron chi connectivity index (χ1n) is 7.63. The van der Waals surface area contributed by atoms with E-state index in [4.69, 9.17) is 0 Å². The molecule has 0 aliphatic heterocycles. The molecular formula is C17H17N5O2. The van der Waals surface area contributed by atoms with Crippen molar-refractivity contribution >= 4 is 28.5 Å². The number of hydrogen-bond donors (Lipinski definition) is 3. The summed E-state index contributed by atoms with van der Waals surface area (Å²) in [6, 6.07) is 10.7. The molecule has 0 bridgehead atoms. The second-order valence-electron chi connectivity index (χ2n) is 5.24. The lowest BCUT2D eigenvalue weighted by molar-refractivity contribution is -0.115. The smallest absolute Gasteiger partial charge is 0.252 e. The van der Waals surface area contributed by atoms with Crippen molar-refractivity contribution in [2.75, 3.05) is 11.9 Å². The van der Waals surface area contributed by atoms with Crippen molar-refractivity contribution in [2.24, 2.45) is 0 Å². The van der Waals surface area contributed by atoms with Crippen molar-refractivity contribution in [3.05, 3.63) is 53.9 Å². The number of aromatic nitrogens is 3. The summed E-state index contributed by atoms with van der Waals surface area (Å²) in [5.74, 6) is -0.0801. The predicted octanol–water partition coefficient (Wildman–Crippen LogP) is 1.89. The van der Waals surface area contributed by atoms with Gasteiger partial charge in [-0.1, -0.05) is 18.2 Å². The van der Waals surface area contributed by atoms with Crippen LogP contribution in [0.5, 0.6) is 0 Å². The van der Waals surface area contributed by atoms with Crippen molar-refractivity contribution in [1.29, 1.82) is 0 Å². The number of anilines is 1. The topological polar surface area (TPSA) is 99.8 Å². The molecular weight excluding hydrogens is 306 g/mol. The molecule has 0 aliphatic carbocycles. The van der Waals surface area contributed by atoms with Crippen LogP contribution in [0.25, 0.3) is 10.9 Å². The number of H-pyrrole nitrogens is 1. The lowest BCUT2D eigenvalue weighted by atomic mass is 10.1. The maximum Gasteiger partial charge on any atom is 0.252 e. The van der Waals surface area contributed by atoms with E-state index in [0.29, 0.717) is 29.1 Å². The summed E-state index contributed by atoms with van der Waals surface area (Å²) in [6.07, 6.45) is 1.75. The van der Waals surface area contributed by atoms with Crippen molar-refractivity contribution in [3.8, 4) is 0 Å². The maximum absolute atomic E-state index is 12.3. The van der Waals surface area contributed by atoms with E-state index in [0.717, 1.165) is 5.39 Å². The number of rotatable bonds is 5. The zero-order valence-corrected chi connectivity index (χ0v) is 13.2. The van der Waals surface area contributed by atoms with Crippen LogP contribution in [-0.4, -0.2) is 33.5 Å². The summed E-state index contributed by atoms with van der Waals surface area (Å²) in [5.41, 5.74) is 1.84. The number of nitrogens with one attached hydrogen (secondary N) is 3. The number of amides is 2. The number of para-hydroxylation sites is 1. The molecule has 2 aromatic heterocycles. The average Bonchev–Trinajstić information content (AvgIpc) is 3.07. The number of hydrogen-bond acceptors (Lipinski definition) is 4. The van der Waals surface area contributed by atoms with Gasteiger partial charge in [0, 0.05) is 23.8 Å². The molecule has 0 saturated heterocycles. The first kappa shape index (κ1) is 15.7. The van der Waals surface area contributed by atoms with Crippen LogP contribution in [0.1, 0.15) is 23.0 Å². The van der Waals surface area contributed by atoms with Gasteiger partial charge < -0.3 is 10.6 Å². The van der Waals surface area contributed by atoms with Gasteiger partial charge in [-0.05, 0) is 25.1 Å². The van der Waals surface area contributed by atoms with Gasteiger partial charge in [0.05, 0.1) is 17.5 Å². The molecule has 7 heteroatoms. The minimum absolute atomic E-state index is 0.158. The molecule has 0 spiro atoms. The van der Waals surface area contributed by atoms with Gasteiger partial charge in [-0.2, -0.15) is 5.10 Å². The fraction of sp³-hybridized carbons (Fsp3) is 0.176. The summed E-state index contributed by atoms with van der Waals surface area (Å²) in [4.78, 5) is 28.8. The van der Waals surface area contributed by atoms with E-state index in [1.807, 2.05) is 31.2 Å². The van der Waals surface area contributed by atoms with Crippen LogP contribution in [0.2, 0.25) is 0 Å². The molecule has 7 nitrogen and oxygen atoms in total. The summed E-state index contributed by atoms with van der Waals surface area (Å²) in [6.45, 7) is 2.38. The Bertz CT molecular complexity index is 874. The third-order valence-corrected chi connectivity index (χ3v) is 3.48. The third kappa shape index (κ3) is 3.40. The van der Waals surface area contributed by atoms with Crippen LogP contribution in [0.15, 0.2) is 42.6 Å². The molecule has 3 aromatic rings. The monoisotopic (exact) mass is 323 g/mol. The third-order valence-electron chi connectivity index (χ3n) is 3.48. The Morgan fingerprint density at radius 3 is 2.79 bits per heavy atom. The molecule has 2 amide bonds. The Kier molecular flexibility index (Phi) is 4.51. The van der Waals surface area contributed by atoms with E-state index in [1.54, 1.807) is 18.3 Å². The van der Waals surface area contributed by atoms with Gasteiger partial charge in [0.1, 0.15) is 5.82 Å². The first-order valence-corrected chi connectivity index (χ1v) is 7.63. The van der Waals surface area contributed by atoms with Crippen molar-refractivity contribution < 1.29 is 9.59 Å². The Hall–Kier alpha value is -3.22. The highest BCUT2D eigenvalue weighted by atomic mass is 16.2. The van der Waals surface area contributed by atoms with E-state index in [1.165, 1.54) is 0 Å². The number of carbonyl (C=O) groups excluding carboxylic acids is 2. The molecule has 0 fully saturated rings. The lowest BCUT2D eigenvalue weighted by Gasteiger charge is -2.10. The van der Waals surface area contributed by atoms with Gasteiger partial charge in [-0.3, -0.25) is 14.7 Å². The Balaban J connectivity index is 1.90. The molecule has 122 valence electrons. The number of benzene rings is 1. The predicted molar refractivity (Wildman–Crippen MR) is 90.7 cm³/mol. The largest absolute Gasteiger partial charge is 0.352 e. The summed E-state index contributed by atoms with van der Waals surface area (Å²) >= 11 is 0. The van der Waals surface area contributed by atoms with E-state index in [2.05, 4.69) is 25.8 Å². The van der Waals surface area contributed by atoms with Crippen LogP contribution < -0.4 is 10.6 Å². The SMILES string of the molecule is CCNC(=O)c1cc(NC(=O)Cc2ccn[nH]2)nc2ccccc12. The van der Waals surface area contributed by atoms with Gasteiger partial charge in [-0.15, -0.1) is 0 Å². The number of aromatic amines is 1. The van der Waals surface area contributed by atoms with Gasteiger partial charge in [0.15, 0.2) is 0 Å². The highest BCUT2D eigenvalue weighted by molar-refractivity contribution is 6.07. The van der Waals surface area contributed by atoms with Crippen molar-refractivity contribution in [1.82, 2.24) is 20.5 Å². The number of carbonyl (C=O) groups is 2.